The highest BCUT2D eigenvalue weighted by molar-refractivity contribution is 5.28. The van der Waals surface area contributed by atoms with E-state index < -0.39 is 0 Å². The van der Waals surface area contributed by atoms with E-state index in [0.717, 1.165) is 18.5 Å². The Labute approximate surface area is 107 Å². The first-order chi connectivity index (χ1) is 8.69. The van der Waals surface area contributed by atoms with Gasteiger partial charge in [0.2, 0.25) is 11.8 Å². The number of anilines is 1. The summed E-state index contributed by atoms with van der Waals surface area (Å²) >= 11 is 0. The van der Waals surface area contributed by atoms with Crippen molar-refractivity contribution >= 4 is 5.95 Å². The lowest BCUT2D eigenvalue weighted by atomic mass is 9.85. The van der Waals surface area contributed by atoms with Crippen LogP contribution >= 0.6 is 0 Å². The zero-order chi connectivity index (χ0) is 13.0. The number of nitrogen functional groups attached to an aromatic ring is 1. The Morgan fingerprint density at radius 2 is 2.17 bits per heavy atom. The van der Waals surface area contributed by atoms with Crippen molar-refractivity contribution in [3.05, 3.63) is 23.9 Å². The predicted molar refractivity (Wildman–Crippen MR) is 71.1 cm³/mol. The molecule has 98 valence electrons. The summed E-state index contributed by atoms with van der Waals surface area (Å²) in [7, 11) is 0. The van der Waals surface area contributed by atoms with Crippen LogP contribution in [0.25, 0.3) is 0 Å². The van der Waals surface area contributed by atoms with Crippen molar-refractivity contribution in [2.45, 2.75) is 26.7 Å². The second-order valence-corrected chi connectivity index (χ2v) is 4.81. The van der Waals surface area contributed by atoms with Crippen LogP contribution in [0.3, 0.4) is 0 Å². The lowest BCUT2D eigenvalue weighted by Gasteiger charge is -2.24. The molecule has 1 aromatic heterocycles. The first-order valence-electron chi connectivity index (χ1n) is 6.29. The van der Waals surface area contributed by atoms with Gasteiger partial charge in [0.25, 0.3) is 0 Å². The van der Waals surface area contributed by atoms with Gasteiger partial charge in [0.15, 0.2) is 0 Å². The molecule has 0 spiro atoms. The van der Waals surface area contributed by atoms with Gasteiger partial charge in [-0.3, -0.25) is 5.43 Å². The molecular formula is C13H20N4O. The molecule has 2 unspecified atom stereocenters. The summed E-state index contributed by atoms with van der Waals surface area (Å²) < 4.78 is 5.76. The van der Waals surface area contributed by atoms with Gasteiger partial charge >= 0.3 is 0 Å². The van der Waals surface area contributed by atoms with Gasteiger partial charge in [-0.1, -0.05) is 19.1 Å². The van der Waals surface area contributed by atoms with Crippen LogP contribution in [-0.4, -0.2) is 16.6 Å². The van der Waals surface area contributed by atoms with Crippen LogP contribution in [0.5, 0.6) is 5.88 Å². The Balaban J connectivity index is 1.97. The number of nitrogens with two attached hydrogens (primary N) is 1. The Morgan fingerprint density at radius 3 is 2.89 bits per heavy atom. The second kappa shape index (κ2) is 5.82. The van der Waals surface area contributed by atoms with E-state index in [0.29, 0.717) is 30.3 Å². The van der Waals surface area contributed by atoms with E-state index >= 15 is 0 Å². The molecular weight excluding hydrogens is 228 g/mol. The molecule has 2 rings (SSSR count). The van der Waals surface area contributed by atoms with Crippen molar-refractivity contribution < 1.29 is 4.74 Å². The molecule has 0 aliphatic heterocycles. The summed E-state index contributed by atoms with van der Waals surface area (Å²) in [6.07, 6.45) is 6.68. The molecule has 0 amide bonds. The van der Waals surface area contributed by atoms with Crippen LogP contribution in [0.15, 0.2) is 18.2 Å². The first-order valence-corrected chi connectivity index (χ1v) is 6.29. The monoisotopic (exact) mass is 248 g/mol. The average molecular weight is 248 g/mol. The number of hydrazine groups is 1. The SMILES string of the molecule is Cc1cc(OCC2CC=CCC2C)nc(NN)n1. The van der Waals surface area contributed by atoms with Gasteiger partial charge in [-0.15, -0.1) is 0 Å². The minimum Gasteiger partial charge on any atom is -0.477 e. The summed E-state index contributed by atoms with van der Waals surface area (Å²) in [5.41, 5.74) is 3.28. The van der Waals surface area contributed by atoms with E-state index in [1.807, 2.05) is 13.0 Å². The van der Waals surface area contributed by atoms with E-state index in [9.17, 15) is 0 Å². The highest BCUT2D eigenvalue weighted by Gasteiger charge is 2.19. The minimum absolute atomic E-state index is 0.390. The fraction of sp³-hybridized carbons (Fsp3) is 0.538. The normalized spacial score (nSPS) is 22.8. The molecule has 0 saturated heterocycles. The van der Waals surface area contributed by atoms with Crippen molar-refractivity contribution in [3.8, 4) is 5.88 Å². The molecule has 1 aliphatic carbocycles. The quantitative estimate of drug-likeness (QED) is 0.484. The number of allylic oxidation sites excluding steroid dienone is 2. The first kappa shape index (κ1) is 12.8. The molecule has 5 nitrogen and oxygen atoms in total. The molecule has 0 bridgehead atoms. The number of aromatic nitrogens is 2. The maximum atomic E-state index is 5.76. The minimum atomic E-state index is 0.390. The third-order valence-electron chi connectivity index (χ3n) is 3.32. The van der Waals surface area contributed by atoms with Crippen LogP contribution in [0.4, 0.5) is 5.95 Å². The average Bonchev–Trinajstić information content (AvgIpc) is 2.37. The predicted octanol–water partition coefficient (Wildman–Crippen LogP) is 2.05. The van der Waals surface area contributed by atoms with Gasteiger partial charge in [0, 0.05) is 11.8 Å². The zero-order valence-corrected chi connectivity index (χ0v) is 10.9. The van der Waals surface area contributed by atoms with Gasteiger partial charge in [0.05, 0.1) is 6.61 Å². The highest BCUT2D eigenvalue weighted by Crippen LogP contribution is 2.25. The van der Waals surface area contributed by atoms with Gasteiger partial charge in [-0.05, 0) is 31.6 Å². The van der Waals surface area contributed by atoms with Gasteiger partial charge in [0.1, 0.15) is 0 Å². The lowest BCUT2D eigenvalue weighted by Crippen LogP contribution is -2.21. The Morgan fingerprint density at radius 1 is 1.39 bits per heavy atom. The highest BCUT2D eigenvalue weighted by atomic mass is 16.5. The topological polar surface area (TPSA) is 73.1 Å². The molecule has 0 fully saturated rings. The molecule has 3 N–H and O–H groups in total. The number of nitrogens with one attached hydrogen (secondary N) is 1. The molecule has 18 heavy (non-hydrogen) atoms. The van der Waals surface area contributed by atoms with Crippen molar-refractivity contribution in [2.24, 2.45) is 17.7 Å². The number of nitrogens with zero attached hydrogens (tertiary/aromatic N) is 2. The molecule has 0 aromatic carbocycles. The van der Waals surface area contributed by atoms with Gasteiger partial charge < -0.3 is 4.74 Å². The van der Waals surface area contributed by atoms with E-state index in [4.69, 9.17) is 10.6 Å². The van der Waals surface area contributed by atoms with Crippen molar-refractivity contribution in [3.63, 3.8) is 0 Å². The largest absolute Gasteiger partial charge is 0.477 e. The number of hydrogen-bond donors (Lipinski definition) is 2. The van der Waals surface area contributed by atoms with Crippen LogP contribution in [0, 0.1) is 18.8 Å². The molecule has 5 heteroatoms. The van der Waals surface area contributed by atoms with Gasteiger partial charge in [-0.2, -0.15) is 4.98 Å². The number of rotatable bonds is 4. The van der Waals surface area contributed by atoms with Crippen molar-refractivity contribution in [1.82, 2.24) is 9.97 Å². The molecule has 2 atom stereocenters. The third-order valence-corrected chi connectivity index (χ3v) is 3.32. The lowest BCUT2D eigenvalue weighted by molar-refractivity contribution is 0.192. The summed E-state index contributed by atoms with van der Waals surface area (Å²) in [6, 6.07) is 1.82. The second-order valence-electron chi connectivity index (χ2n) is 4.81. The summed E-state index contributed by atoms with van der Waals surface area (Å²) in [4.78, 5) is 8.30. The summed E-state index contributed by atoms with van der Waals surface area (Å²) in [6.45, 7) is 4.84. The zero-order valence-electron chi connectivity index (χ0n) is 10.9. The maximum absolute atomic E-state index is 5.76. The number of aryl methyl sites for hydroxylation is 1. The van der Waals surface area contributed by atoms with Crippen LogP contribution < -0.4 is 16.0 Å². The van der Waals surface area contributed by atoms with Gasteiger partial charge in [-0.25, -0.2) is 10.8 Å². The van der Waals surface area contributed by atoms with Crippen molar-refractivity contribution in [2.75, 3.05) is 12.0 Å². The van der Waals surface area contributed by atoms with Crippen LogP contribution in [0.1, 0.15) is 25.5 Å². The maximum Gasteiger partial charge on any atom is 0.240 e. The van der Waals surface area contributed by atoms with E-state index in [2.05, 4.69) is 34.5 Å². The van der Waals surface area contributed by atoms with E-state index in [1.54, 1.807) is 0 Å². The fourth-order valence-electron chi connectivity index (χ4n) is 2.11. The smallest absolute Gasteiger partial charge is 0.240 e. The van der Waals surface area contributed by atoms with E-state index in [1.165, 1.54) is 0 Å². The van der Waals surface area contributed by atoms with Crippen LogP contribution in [0.2, 0.25) is 0 Å². The Hall–Kier alpha value is -1.62. The molecule has 0 radical (unpaired) electrons. The Kier molecular flexibility index (Phi) is 4.15. The number of ether oxygens (including phenoxy) is 1. The third kappa shape index (κ3) is 3.20. The fourth-order valence-corrected chi connectivity index (χ4v) is 2.11. The molecule has 1 aromatic rings. The molecule has 1 heterocycles. The summed E-state index contributed by atoms with van der Waals surface area (Å²) in [5.74, 6) is 7.49. The molecule has 0 saturated carbocycles. The van der Waals surface area contributed by atoms with E-state index in [-0.39, 0.29) is 0 Å². The van der Waals surface area contributed by atoms with Crippen LogP contribution in [-0.2, 0) is 0 Å². The summed E-state index contributed by atoms with van der Waals surface area (Å²) in [5, 5.41) is 0. The number of hydrogen-bond acceptors (Lipinski definition) is 5. The van der Waals surface area contributed by atoms with Crippen molar-refractivity contribution in [1.29, 1.82) is 0 Å². The standard InChI is InChI=1S/C13H20N4O/c1-9-5-3-4-6-11(9)8-18-12-7-10(2)15-13(16-12)17-14/h3-4,7,9,11H,5-6,8,14H2,1-2H3,(H,15,16,17). The molecule has 1 aliphatic rings. The Bertz CT molecular complexity index is 433.